The van der Waals surface area contributed by atoms with Crippen LogP contribution in [0.5, 0.6) is 0 Å². The van der Waals surface area contributed by atoms with Gasteiger partial charge in [-0.1, -0.05) is 0 Å². The molecule has 62 valence electrons. The van der Waals surface area contributed by atoms with Gasteiger partial charge < -0.3 is 10.8 Å². The Labute approximate surface area is 64.1 Å². The van der Waals surface area contributed by atoms with Crippen LogP contribution < -0.4 is 5.73 Å². The van der Waals surface area contributed by atoms with Crippen molar-refractivity contribution in [3.8, 4) is 0 Å². The van der Waals surface area contributed by atoms with Gasteiger partial charge in [-0.3, -0.25) is 4.21 Å². The van der Waals surface area contributed by atoms with Crippen LogP contribution in [0.25, 0.3) is 0 Å². The monoisotopic (exact) mass is 165 g/mol. The maximum atomic E-state index is 10.9. The molecule has 1 unspecified atom stereocenters. The number of hydrogen-bond donors (Lipinski definition) is 2. The maximum Gasteiger partial charge on any atom is 0.0546 e. The summed E-state index contributed by atoms with van der Waals surface area (Å²) in [4.78, 5) is 0. The summed E-state index contributed by atoms with van der Waals surface area (Å²) in [5, 5.41) is 8.40. The minimum absolute atomic E-state index is 0.0251. The summed E-state index contributed by atoms with van der Waals surface area (Å²) >= 11 is 0. The lowest BCUT2D eigenvalue weighted by Crippen LogP contribution is -2.38. The highest BCUT2D eigenvalue weighted by Gasteiger charge is 2.14. The highest BCUT2D eigenvalue weighted by Crippen LogP contribution is 1.98. The topological polar surface area (TPSA) is 63.3 Å². The van der Waals surface area contributed by atoms with Crippen LogP contribution in [0.2, 0.25) is 0 Å². The molecule has 0 aliphatic rings. The molecule has 0 spiro atoms. The van der Waals surface area contributed by atoms with Crippen molar-refractivity contribution < 1.29 is 9.32 Å². The molecule has 0 saturated heterocycles. The first-order valence-corrected chi connectivity index (χ1v) is 4.69. The van der Waals surface area contributed by atoms with Crippen molar-refractivity contribution in [2.75, 3.05) is 18.1 Å². The van der Waals surface area contributed by atoms with E-state index in [0.717, 1.165) is 0 Å². The molecular formula is C6H15NO2S. The lowest BCUT2D eigenvalue weighted by Gasteiger charge is -2.16. The molecule has 0 saturated carbocycles. The third-order valence-corrected chi connectivity index (χ3v) is 2.56. The number of hydrogen-bond acceptors (Lipinski definition) is 3. The van der Waals surface area contributed by atoms with Crippen molar-refractivity contribution >= 4 is 10.8 Å². The predicted molar refractivity (Wildman–Crippen MR) is 43.2 cm³/mol. The molecule has 0 aromatic rings. The molecule has 10 heavy (non-hydrogen) atoms. The zero-order chi connectivity index (χ0) is 8.20. The van der Waals surface area contributed by atoms with Crippen molar-refractivity contribution in [1.29, 1.82) is 0 Å². The van der Waals surface area contributed by atoms with E-state index in [1.54, 1.807) is 0 Å². The number of nitrogens with two attached hydrogens (primary N) is 1. The molecule has 0 amide bonds. The lowest BCUT2D eigenvalue weighted by molar-refractivity contribution is 0.321. The van der Waals surface area contributed by atoms with E-state index in [1.807, 2.05) is 13.8 Å². The molecule has 0 bridgehead atoms. The van der Waals surface area contributed by atoms with Crippen LogP contribution >= 0.6 is 0 Å². The summed E-state index contributed by atoms with van der Waals surface area (Å²) in [6.45, 7) is 3.62. The largest absolute Gasteiger partial charge is 0.395 e. The first-order chi connectivity index (χ1) is 4.45. The Hall–Kier alpha value is 0.0700. The SMILES string of the molecule is CC(C)(N)CS(=O)CCO. The number of aliphatic hydroxyl groups excluding tert-OH is 1. The second-order valence-corrected chi connectivity index (χ2v) is 4.58. The average Bonchev–Trinajstić information content (AvgIpc) is 1.59. The Morgan fingerprint density at radius 2 is 2.10 bits per heavy atom. The summed E-state index contributed by atoms with van der Waals surface area (Å²) in [7, 11) is -0.965. The molecule has 1 atom stereocenters. The Balaban J connectivity index is 3.58. The van der Waals surface area contributed by atoms with Crippen LogP contribution in [0.3, 0.4) is 0 Å². The Bertz CT molecular complexity index is 119. The summed E-state index contributed by atoms with van der Waals surface area (Å²) < 4.78 is 10.9. The zero-order valence-electron chi connectivity index (χ0n) is 6.46. The van der Waals surface area contributed by atoms with E-state index < -0.39 is 10.8 Å². The van der Waals surface area contributed by atoms with Crippen LogP contribution in [0.4, 0.5) is 0 Å². The molecule has 0 heterocycles. The first kappa shape index (κ1) is 10.1. The Morgan fingerprint density at radius 1 is 1.60 bits per heavy atom. The highest BCUT2D eigenvalue weighted by molar-refractivity contribution is 7.85. The summed E-state index contributed by atoms with van der Waals surface area (Å²) in [5.41, 5.74) is 5.20. The summed E-state index contributed by atoms with van der Waals surface area (Å²) in [6.07, 6.45) is 0. The molecule has 0 aromatic heterocycles. The van der Waals surface area contributed by atoms with Crippen LogP contribution in [0, 0.1) is 0 Å². The van der Waals surface area contributed by atoms with Gasteiger partial charge in [0.15, 0.2) is 0 Å². The quantitative estimate of drug-likeness (QED) is 0.588. The number of rotatable bonds is 4. The molecule has 0 rings (SSSR count). The van der Waals surface area contributed by atoms with Crippen LogP contribution in [0.1, 0.15) is 13.8 Å². The van der Waals surface area contributed by atoms with Crippen LogP contribution in [-0.4, -0.2) is 33.0 Å². The van der Waals surface area contributed by atoms with Crippen molar-refractivity contribution in [1.82, 2.24) is 0 Å². The van der Waals surface area contributed by atoms with Gasteiger partial charge in [-0.2, -0.15) is 0 Å². The van der Waals surface area contributed by atoms with Crippen LogP contribution in [-0.2, 0) is 10.8 Å². The molecule has 0 aromatic carbocycles. The van der Waals surface area contributed by atoms with E-state index in [9.17, 15) is 4.21 Å². The zero-order valence-corrected chi connectivity index (χ0v) is 7.28. The second-order valence-electron chi connectivity index (χ2n) is 3.00. The van der Waals surface area contributed by atoms with Gasteiger partial charge in [0.05, 0.1) is 6.61 Å². The van der Waals surface area contributed by atoms with E-state index in [4.69, 9.17) is 10.8 Å². The molecule has 0 fully saturated rings. The minimum Gasteiger partial charge on any atom is -0.395 e. The van der Waals surface area contributed by atoms with Gasteiger partial charge in [-0.05, 0) is 13.8 Å². The van der Waals surface area contributed by atoms with Gasteiger partial charge in [-0.15, -0.1) is 0 Å². The third kappa shape index (κ3) is 6.19. The molecular weight excluding hydrogens is 150 g/mol. The fourth-order valence-electron chi connectivity index (χ4n) is 0.589. The standard InChI is InChI=1S/C6H15NO2S/c1-6(2,7)5-10(9)4-3-8/h8H,3-5,7H2,1-2H3. The van der Waals surface area contributed by atoms with Crippen LogP contribution in [0.15, 0.2) is 0 Å². The third-order valence-electron chi connectivity index (χ3n) is 0.852. The fourth-order valence-corrected chi connectivity index (χ4v) is 1.77. The highest BCUT2D eigenvalue weighted by atomic mass is 32.2. The van der Waals surface area contributed by atoms with Gasteiger partial charge in [-0.25, -0.2) is 0 Å². The van der Waals surface area contributed by atoms with E-state index in [0.29, 0.717) is 11.5 Å². The van der Waals surface area contributed by atoms with E-state index in [-0.39, 0.29) is 12.1 Å². The van der Waals surface area contributed by atoms with Gasteiger partial charge in [0.2, 0.25) is 0 Å². The van der Waals surface area contributed by atoms with Crippen molar-refractivity contribution in [3.05, 3.63) is 0 Å². The second kappa shape index (κ2) is 4.05. The molecule has 0 aliphatic heterocycles. The van der Waals surface area contributed by atoms with Crippen molar-refractivity contribution in [3.63, 3.8) is 0 Å². The molecule has 3 nitrogen and oxygen atoms in total. The van der Waals surface area contributed by atoms with Crippen molar-refractivity contribution in [2.45, 2.75) is 19.4 Å². The Kier molecular flexibility index (Phi) is 4.08. The first-order valence-electron chi connectivity index (χ1n) is 3.20. The Morgan fingerprint density at radius 3 is 2.40 bits per heavy atom. The molecule has 0 radical (unpaired) electrons. The van der Waals surface area contributed by atoms with E-state index in [1.165, 1.54) is 0 Å². The number of aliphatic hydroxyl groups is 1. The summed E-state index contributed by atoms with van der Waals surface area (Å²) in [6, 6.07) is 0. The molecule has 3 N–H and O–H groups in total. The predicted octanol–water partition coefficient (Wildman–Crippen LogP) is -0.535. The van der Waals surface area contributed by atoms with Gasteiger partial charge >= 0.3 is 0 Å². The minimum atomic E-state index is -0.965. The van der Waals surface area contributed by atoms with Gasteiger partial charge in [0.25, 0.3) is 0 Å². The fraction of sp³-hybridized carbons (Fsp3) is 1.00. The van der Waals surface area contributed by atoms with E-state index in [2.05, 4.69) is 0 Å². The smallest absolute Gasteiger partial charge is 0.0546 e. The van der Waals surface area contributed by atoms with Crippen molar-refractivity contribution in [2.24, 2.45) is 5.73 Å². The summed E-state index contributed by atoms with van der Waals surface area (Å²) in [5.74, 6) is 0.786. The lowest BCUT2D eigenvalue weighted by atomic mass is 10.1. The average molecular weight is 165 g/mol. The maximum absolute atomic E-state index is 10.9. The molecule has 0 aliphatic carbocycles. The van der Waals surface area contributed by atoms with E-state index >= 15 is 0 Å². The normalized spacial score (nSPS) is 15.2. The van der Waals surface area contributed by atoms with Gasteiger partial charge in [0.1, 0.15) is 0 Å². The molecule has 4 heteroatoms. The van der Waals surface area contributed by atoms with Gasteiger partial charge in [0, 0.05) is 27.8 Å².